The van der Waals surface area contributed by atoms with Gasteiger partial charge in [-0.3, -0.25) is 4.79 Å². The van der Waals surface area contributed by atoms with Gasteiger partial charge in [0, 0.05) is 12.2 Å². The summed E-state index contributed by atoms with van der Waals surface area (Å²) in [5.41, 5.74) is 1.48. The number of nitrogens with two attached hydrogens (primary N) is 1. The topological polar surface area (TPSA) is 130 Å². The third kappa shape index (κ3) is 6.72. The average Bonchev–Trinajstić information content (AvgIpc) is 2.62. The van der Waals surface area contributed by atoms with Crippen molar-refractivity contribution in [3.05, 3.63) is 60.2 Å². The van der Waals surface area contributed by atoms with E-state index in [1.54, 1.807) is 43.3 Å². The molecule has 2 aromatic rings. The minimum Gasteiger partial charge on any atom is -0.354 e. The van der Waals surface area contributed by atoms with Crippen LogP contribution in [-0.4, -0.2) is 32.9 Å². The highest BCUT2D eigenvalue weighted by atomic mass is 32.2. The zero-order valence-electron chi connectivity index (χ0n) is 14.8. The maximum Gasteiger partial charge on any atom is 0.319 e. The van der Waals surface area contributed by atoms with Gasteiger partial charge in [-0.15, -0.1) is 0 Å². The van der Waals surface area contributed by atoms with Gasteiger partial charge in [-0.1, -0.05) is 30.3 Å². The molecule has 0 heterocycles. The molecule has 9 heteroatoms. The third-order valence-corrected chi connectivity index (χ3v) is 4.67. The van der Waals surface area contributed by atoms with Crippen molar-refractivity contribution in [1.82, 2.24) is 10.6 Å². The van der Waals surface area contributed by atoms with Crippen molar-refractivity contribution in [2.75, 3.05) is 11.9 Å². The molecule has 0 aliphatic carbocycles. The van der Waals surface area contributed by atoms with Crippen LogP contribution in [0.4, 0.5) is 10.5 Å². The molecule has 0 bridgehead atoms. The van der Waals surface area contributed by atoms with Gasteiger partial charge in [-0.25, -0.2) is 18.4 Å². The van der Waals surface area contributed by atoms with E-state index in [9.17, 15) is 18.0 Å². The fraction of sp³-hybridized carbons (Fsp3) is 0.222. The van der Waals surface area contributed by atoms with Crippen LogP contribution in [0.25, 0.3) is 0 Å². The van der Waals surface area contributed by atoms with Crippen LogP contribution in [0.15, 0.2) is 59.5 Å². The van der Waals surface area contributed by atoms with E-state index in [4.69, 9.17) is 5.14 Å². The van der Waals surface area contributed by atoms with Gasteiger partial charge in [0.05, 0.1) is 4.90 Å². The molecule has 0 aromatic heterocycles. The summed E-state index contributed by atoms with van der Waals surface area (Å²) in [7, 11) is -3.71. The molecule has 27 heavy (non-hydrogen) atoms. The number of carbonyl (C=O) groups excluding carboxylic acids is 2. The number of amides is 3. The lowest BCUT2D eigenvalue weighted by Gasteiger charge is -2.15. The average molecular weight is 390 g/mol. The highest BCUT2D eigenvalue weighted by Crippen LogP contribution is 2.09. The zero-order valence-corrected chi connectivity index (χ0v) is 15.6. The van der Waals surface area contributed by atoms with Crippen LogP contribution < -0.4 is 21.1 Å². The van der Waals surface area contributed by atoms with Gasteiger partial charge in [0.1, 0.15) is 6.04 Å². The van der Waals surface area contributed by atoms with Crippen molar-refractivity contribution in [2.45, 2.75) is 24.3 Å². The summed E-state index contributed by atoms with van der Waals surface area (Å²) < 4.78 is 22.4. The van der Waals surface area contributed by atoms with E-state index in [-0.39, 0.29) is 10.8 Å². The van der Waals surface area contributed by atoms with E-state index >= 15 is 0 Å². The molecule has 0 fully saturated rings. The fourth-order valence-corrected chi connectivity index (χ4v) is 2.80. The Hall–Kier alpha value is -2.91. The zero-order chi connectivity index (χ0) is 19.9. The molecule has 1 atom stereocenters. The van der Waals surface area contributed by atoms with Crippen molar-refractivity contribution in [3.8, 4) is 0 Å². The largest absolute Gasteiger partial charge is 0.354 e. The smallest absolute Gasteiger partial charge is 0.319 e. The number of urea groups is 1. The van der Waals surface area contributed by atoms with Crippen molar-refractivity contribution in [3.63, 3.8) is 0 Å². The standard InChI is InChI=1S/C18H22N4O4S/c1-13(21-18(24)22-15-5-3-2-4-6-15)17(23)20-12-11-14-7-9-16(10-8-14)27(19,25)26/h2-10,13H,11-12H2,1H3,(H,20,23)(H2,19,25,26)(H2,21,22,24)/t13-/m1/s1. The summed E-state index contributed by atoms with van der Waals surface area (Å²) in [6, 6.07) is 13.8. The van der Waals surface area contributed by atoms with Crippen LogP contribution in [0.2, 0.25) is 0 Å². The molecule has 3 amide bonds. The number of sulfonamides is 1. The lowest BCUT2D eigenvalue weighted by atomic mass is 10.1. The molecule has 0 spiro atoms. The number of para-hydroxylation sites is 1. The second kappa shape index (κ2) is 9.15. The van der Waals surface area contributed by atoms with Gasteiger partial charge in [0.15, 0.2) is 0 Å². The third-order valence-electron chi connectivity index (χ3n) is 3.74. The van der Waals surface area contributed by atoms with E-state index in [1.807, 2.05) is 6.07 Å². The number of anilines is 1. The van der Waals surface area contributed by atoms with Gasteiger partial charge in [0.25, 0.3) is 0 Å². The minimum absolute atomic E-state index is 0.0394. The molecular weight excluding hydrogens is 368 g/mol. The lowest BCUT2D eigenvalue weighted by molar-refractivity contribution is -0.122. The Morgan fingerprint density at radius 3 is 2.26 bits per heavy atom. The molecule has 0 aliphatic heterocycles. The predicted molar refractivity (Wildman–Crippen MR) is 103 cm³/mol. The van der Waals surface area contributed by atoms with Gasteiger partial charge in [0.2, 0.25) is 15.9 Å². The highest BCUT2D eigenvalue weighted by Gasteiger charge is 2.15. The van der Waals surface area contributed by atoms with Crippen molar-refractivity contribution in [1.29, 1.82) is 0 Å². The van der Waals surface area contributed by atoms with Crippen LogP contribution in [0, 0.1) is 0 Å². The van der Waals surface area contributed by atoms with Gasteiger partial charge >= 0.3 is 6.03 Å². The summed E-state index contributed by atoms with van der Waals surface area (Å²) in [6.07, 6.45) is 0.513. The quantitative estimate of drug-likeness (QED) is 0.566. The van der Waals surface area contributed by atoms with Crippen LogP contribution in [0.5, 0.6) is 0 Å². The Labute approximate surface area is 158 Å². The van der Waals surface area contributed by atoms with Crippen molar-refractivity contribution in [2.24, 2.45) is 5.14 Å². The highest BCUT2D eigenvalue weighted by molar-refractivity contribution is 7.89. The maximum atomic E-state index is 12.1. The Bertz CT molecular complexity index is 883. The number of rotatable bonds is 7. The molecule has 2 aromatic carbocycles. The summed E-state index contributed by atoms with van der Waals surface area (Å²) in [5, 5.41) is 13.0. The Kier molecular flexibility index (Phi) is 6.91. The molecule has 5 N–H and O–H groups in total. The molecular formula is C18H22N4O4S. The monoisotopic (exact) mass is 390 g/mol. The van der Waals surface area contributed by atoms with Crippen molar-refractivity contribution >= 4 is 27.6 Å². The fourth-order valence-electron chi connectivity index (χ4n) is 2.28. The van der Waals surface area contributed by atoms with E-state index in [1.165, 1.54) is 12.1 Å². The van der Waals surface area contributed by atoms with Crippen molar-refractivity contribution < 1.29 is 18.0 Å². The first kappa shape index (κ1) is 20.4. The van der Waals surface area contributed by atoms with Gasteiger partial charge < -0.3 is 16.0 Å². The summed E-state index contributed by atoms with van der Waals surface area (Å²) >= 11 is 0. The number of benzene rings is 2. The Morgan fingerprint density at radius 1 is 1.04 bits per heavy atom. The number of carbonyl (C=O) groups is 2. The normalized spacial score (nSPS) is 12.1. The second-order valence-electron chi connectivity index (χ2n) is 5.92. The van der Waals surface area contributed by atoms with E-state index in [2.05, 4.69) is 16.0 Å². The first-order chi connectivity index (χ1) is 12.8. The van der Waals surface area contributed by atoms with E-state index < -0.39 is 22.1 Å². The molecule has 0 aliphatic rings. The van der Waals surface area contributed by atoms with E-state index in [0.717, 1.165) is 5.56 Å². The van der Waals surface area contributed by atoms with Crippen LogP contribution in [0.3, 0.4) is 0 Å². The molecule has 8 nitrogen and oxygen atoms in total. The predicted octanol–water partition coefficient (Wildman–Crippen LogP) is 1.20. The molecule has 0 radical (unpaired) electrons. The Morgan fingerprint density at radius 2 is 1.67 bits per heavy atom. The maximum absolute atomic E-state index is 12.1. The number of hydrogen-bond acceptors (Lipinski definition) is 4. The number of primary sulfonamides is 1. The summed E-state index contributed by atoms with van der Waals surface area (Å²) in [5.74, 6) is -0.320. The van der Waals surface area contributed by atoms with Crippen LogP contribution in [-0.2, 0) is 21.2 Å². The molecule has 0 saturated heterocycles. The number of nitrogens with one attached hydrogen (secondary N) is 3. The van der Waals surface area contributed by atoms with Crippen LogP contribution in [0.1, 0.15) is 12.5 Å². The first-order valence-electron chi connectivity index (χ1n) is 8.28. The first-order valence-corrected chi connectivity index (χ1v) is 9.82. The SMILES string of the molecule is C[C@@H](NC(=O)Nc1ccccc1)C(=O)NCCc1ccc(S(N)(=O)=O)cc1. The minimum atomic E-state index is -3.71. The van der Waals surface area contributed by atoms with Crippen LogP contribution >= 0.6 is 0 Å². The molecule has 0 saturated carbocycles. The molecule has 0 unspecified atom stereocenters. The molecule has 2 rings (SSSR count). The van der Waals surface area contributed by atoms with E-state index in [0.29, 0.717) is 18.7 Å². The molecule has 144 valence electrons. The summed E-state index contributed by atoms with van der Waals surface area (Å²) in [6.45, 7) is 1.93. The van der Waals surface area contributed by atoms with Gasteiger partial charge in [-0.2, -0.15) is 0 Å². The number of hydrogen-bond donors (Lipinski definition) is 4. The Balaban J connectivity index is 1.75. The lowest BCUT2D eigenvalue weighted by Crippen LogP contribution is -2.46. The summed E-state index contributed by atoms with van der Waals surface area (Å²) in [4.78, 5) is 24.0. The second-order valence-corrected chi connectivity index (χ2v) is 7.48. The van der Waals surface area contributed by atoms with Gasteiger partial charge in [-0.05, 0) is 43.2 Å².